The summed E-state index contributed by atoms with van der Waals surface area (Å²) < 4.78 is 11.1. The van der Waals surface area contributed by atoms with E-state index < -0.39 is 0 Å². The number of nitrogens with zero attached hydrogens (tertiary/aromatic N) is 1. The van der Waals surface area contributed by atoms with Gasteiger partial charge in [-0.1, -0.05) is 20.8 Å². The van der Waals surface area contributed by atoms with E-state index in [0.29, 0.717) is 18.1 Å². The predicted octanol–water partition coefficient (Wildman–Crippen LogP) is 1.62. The molecule has 0 spiro atoms. The molecule has 0 bridgehead atoms. The maximum atomic E-state index is 5.84. The van der Waals surface area contributed by atoms with E-state index in [0.717, 1.165) is 38.7 Å². The van der Waals surface area contributed by atoms with Gasteiger partial charge in [-0.3, -0.25) is 4.99 Å². The van der Waals surface area contributed by atoms with E-state index in [4.69, 9.17) is 9.47 Å². The lowest BCUT2D eigenvalue weighted by Gasteiger charge is -2.55. The molecule has 5 nitrogen and oxygen atoms in total. The van der Waals surface area contributed by atoms with Gasteiger partial charge in [0.05, 0.1) is 19.3 Å². The van der Waals surface area contributed by atoms with Gasteiger partial charge in [-0.25, -0.2) is 0 Å². The Kier molecular flexibility index (Phi) is 5.10. The Balaban J connectivity index is 0.00000161. The number of rotatable bonds is 3. The number of hydrogen-bond acceptors (Lipinski definition) is 3. The molecule has 122 valence electrons. The molecule has 2 aliphatic heterocycles. The molecule has 3 fully saturated rings. The number of hydrogen-bond donors (Lipinski definition) is 2. The topological polar surface area (TPSA) is 54.9 Å². The standard InChI is InChI=1S/C15H27N3O2.HI/c1-14(2)11(10-5-6-20-12(10)14)18-13(16-4)17-7-15(3)8-19-9-15;/h10-12H,5-9H2,1-4H3,(H2,16,17,18);1H. The summed E-state index contributed by atoms with van der Waals surface area (Å²) in [6, 6.07) is 0.451. The van der Waals surface area contributed by atoms with Crippen LogP contribution in [0.3, 0.4) is 0 Å². The van der Waals surface area contributed by atoms with Crippen LogP contribution in [0, 0.1) is 16.7 Å². The molecule has 2 saturated heterocycles. The summed E-state index contributed by atoms with van der Waals surface area (Å²) in [7, 11) is 1.84. The van der Waals surface area contributed by atoms with E-state index in [9.17, 15) is 0 Å². The van der Waals surface area contributed by atoms with Gasteiger partial charge >= 0.3 is 0 Å². The summed E-state index contributed by atoms with van der Waals surface area (Å²) in [4.78, 5) is 4.36. The van der Waals surface area contributed by atoms with Crippen LogP contribution in [0.15, 0.2) is 4.99 Å². The minimum absolute atomic E-state index is 0. The number of nitrogens with one attached hydrogen (secondary N) is 2. The molecule has 0 aromatic heterocycles. The zero-order valence-corrected chi connectivity index (χ0v) is 15.8. The molecule has 3 atom stereocenters. The fraction of sp³-hybridized carbons (Fsp3) is 0.933. The lowest BCUT2D eigenvalue weighted by Crippen LogP contribution is -2.68. The molecule has 0 aromatic rings. The smallest absolute Gasteiger partial charge is 0.191 e. The van der Waals surface area contributed by atoms with Crippen molar-refractivity contribution in [1.82, 2.24) is 10.6 Å². The fourth-order valence-electron chi connectivity index (χ4n) is 3.81. The molecule has 1 aliphatic carbocycles. The molecule has 3 unspecified atom stereocenters. The van der Waals surface area contributed by atoms with E-state index in [-0.39, 0.29) is 34.8 Å². The summed E-state index contributed by atoms with van der Waals surface area (Å²) in [5, 5.41) is 7.05. The average Bonchev–Trinajstić information content (AvgIpc) is 2.83. The summed E-state index contributed by atoms with van der Waals surface area (Å²) in [5.74, 6) is 1.53. The van der Waals surface area contributed by atoms with E-state index in [2.05, 4.69) is 36.4 Å². The highest BCUT2D eigenvalue weighted by Gasteiger charge is 2.59. The molecular weight excluding hydrogens is 381 g/mol. The molecule has 3 rings (SSSR count). The first-order valence-electron chi connectivity index (χ1n) is 7.63. The highest BCUT2D eigenvalue weighted by molar-refractivity contribution is 14.0. The quantitative estimate of drug-likeness (QED) is 0.423. The Labute approximate surface area is 144 Å². The van der Waals surface area contributed by atoms with Crippen LogP contribution in [0.5, 0.6) is 0 Å². The molecule has 3 aliphatic rings. The van der Waals surface area contributed by atoms with Crippen molar-refractivity contribution in [3.05, 3.63) is 0 Å². The molecular formula is C15H28IN3O2. The third-order valence-electron chi connectivity index (χ3n) is 5.20. The molecule has 1 saturated carbocycles. The first kappa shape index (κ1) is 17.3. The minimum Gasteiger partial charge on any atom is -0.380 e. The van der Waals surface area contributed by atoms with Crippen molar-refractivity contribution in [3.8, 4) is 0 Å². The van der Waals surface area contributed by atoms with Crippen LogP contribution in [0.4, 0.5) is 0 Å². The van der Waals surface area contributed by atoms with Crippen LogP contribution in [0.2, 0.25) is 0 Å². The van der Waals surface area contributed by atoms with Gasteiger partial charge in [-0.2, -0.15) is 0 Å². The van der Waals surface area contributed by atoms with Crippen LogP contribution in [0.1, 0.15) is 27.2 Å². The van der Waals surface area contributed by atoms with E-state index in [1.54, 1.807) is 0 Å². The third kappa shape index (κ3) is 3.03. The van der Waals surface area contributed by atoms with Crippen molar-refractivity contribution in [3.63, 3.8) is 0 Å². The molecule has 21 heavy (non-hydrogen) atoms. The number of guanidine groups is 1. The van der Waals surface area contributed by atoms with Gasteiger partial charge in [-0.15, -0.1) is 24.0 Å². The summed E-state index contributed by atoms with van der Waals surface area (Å²) in [6.45, 7) is 10.3. The van der Waals surface area contributed by atoms with Crippen molar-refractivity contribution >= 4 is 29.9 Å². The van der Waals surface area contributed by atoms with Gasteiger partial charge in [0, 0.05) is 43.0 Å². The number of halogens is 1. The fourth-order valence-corrected chi connectivity index (χ4v) is 3.81. The summed E-state index contributed by atoms with van der Waals surface area (Å²) in [5.41, 5.74) is 0.439. The second-order valence-electron chi connectivity index (χ2n) is 7.42. The number of ether oxygens (including phenoxy) is 2. The lowest BCUT2D eigenvalue weighted by molar-refractivity contribution is -0.107. The Hall–Kier alpha value is -0.0800. The third-order valence-corrected chi connectivity index (χ3v) is 5.20. The highest BCUT2D eigenvalue weighted by atomic mass is 127. The summed E-state index contributed by atoms with van der Waals surface area (Å²) in [6.07, 6.45) is 1.57. The first-order chi connectivity index (χ1) is 9.46. The number of fused-ring (bicyclic) bond motifs is 1. The Morgan fingerprint density at radius 2 is 2.00 bits per heavy atom. The van der Waals surface area contributed by atoms with Gasteiger partial charge in [0.2, 0.25) is 0 Å². The monoisotopic (exact) mass is 409 g/mol. The normalized spacial score (nSPS) is 35.8. The largest absolute Gasteiger partial charge is 0.380 e. The molecule has 0 radical (unpaired) electrons. The van der Waals surface area contributed by atoms with Crippen molar-refractivity contribution in [1.29, 1.82) is 0 Å². The summed E-state index contributed by atoms with van der Waals surface area (Å²) >= 11 is 0. The van der Waals surface area contributed by atoms with Crippen LogP contribution in [-0.2, 0) is 9.47 Å². The van der Waals surface area contributed by atoms with Crippen molar-refractivity contribution in [2.75, 3.05) is 33.4 Å². The molecule has 0 aromatic carbocycles. The highest BCUT2D eigenvalue weighted by Crippen LogP contribution is 2.52. The van der Waals surface area contributed by atoms with E-state index >= 15 is 0 Å². The van der Waals surface area contributed by atoms with Crippen LogP contribution < -0.4 is 10.6 Å². The number of aliphatic imine (C=N–C) groups is 1. The van der Waals surface area contributed by atoms with Gasteiger partial charge in [0.25, 0.3) is 0 Å². The van der Waals surface area contributed by atoms with Crippen LogP contribution >= 0.6 is 24.0 Å². The SMILES string of the molecule is CN=C(NCC1(C)COC1)NC1C2CCOC2C1(C)C.I. The zero-order valence-electron chi connectivity index (χ0n) is 13.4. The van der Waals surface area contributed by atoms with Crippen molar-refractivity contribution in [2.24, 2.45) is 21.7 Å². The van der Waals surface area contributed by atoms with Gasteiger partial charge < -0.3 is 20.1 Å². The zero-order chi connectivity index (χ0) is 14.4. The van der Waals surface area contributed by atoms with Gasteiger partial charge in [0.15, 0.2) is 5.96 Å². The molecule has 2 heterocycles. The van der Waals surface area contributed by atoms with Gasteiger partial charge in [-0.05, 0) is 6.42 Å². The average molecular weight is 409 g/mol. The van der Waals surface area contributed by atoms with Crippen molar-refractivity contribution < 1.29 is 9.47 Å². The lowest BCUT2D eigenvalue weighted by atomic mass is 9.57. The Bertz CT molecular complexity index is 410. The Morgan fingerprint density at radius 1 is 1.29 bits per heavy atom. The second kappa shape index (κ2) is 6.20. The van der Waals surface area contributed by atoms with Crippen molar-refractivity contribution in [2.45, 2.75) is 39.3 Å². The second-order valence-corrected chi connectivity index (χ2v) is 7.42. The molecule has 2 N–H and O–H groups in total. The maximum absolute atomic E-state index is 5.84. The van der Waals surface area contributed by atoms with E-state index in [1.165, 1.54) is 0 Å². The molecule has 6 heteroatoms. The first-order valence-corrected chi connectivity index (χ1v) is 7.63. The van der Waals surface area contributed by atoms with Gasteiger partial charge in [0.1, 0.15) is 0 Å². The van der Waals surface area contributed by atoms with E-state index in [1.807, 2.05) is 7.05 Å². The molecule has 0 amide bonds. The predicted molar refractivity (Wildman–Crippen MR) is 94.3 cm³/mol. The van der Waals surface area contributed by atoms with Crippen LogP contribution in [0.25, 0.3) is 0 Å². The Morgan fingerprint density at radius 3 is 2.57 bits per heavy atom. The minimum atomic E-state index is 0. The van der Waals surface area contributed by atoms with Crippen LogP contribution in [-0.4, -0.2) is 51.5 Å². The maximum Gasteiger partial charge on any atom is 0.191 e.